The lowest BCUT2D eigenvalue weighted by Gasteiger charge is -2.12. The van der Waals surface area contributed by atoms with Gasteiger partial charge in [0.2, 0.25) is 0 Å². The summed E-state index contributed by atoms with van der Waals surface area (Å²) in [6.45, 7) is 0. The van der Waals surface area contributed by atoms with Crippen molar-refractivity contribution in [3.8, 4) is 5.75 Å². The van der Waals surface area contributed by atoms with E-state index in [0.717, 1.165) is 30.3 Å². The second kappa shape index (κ2) is 5.84. The van der Waals surface area contributed by atoms with Crippen molar-refractivity contribution >= 4 is 11.9 Å². The van der Waals surface area contributed by atoms with Crippen molar-refractivity contribution < 1.29 is 32.6 Å². The van der Waals surface area contributed by atoms with Gasteiger partial charge in [-0.25, -0.2) is 14.6 Å². The van der Waals surface area contributed by atoms with E-state index in [1.54, 1.807) is 0 Å². The number of carbonyl (C=O) groups is 2. The number of rotatable bonds is 3. The summed E-state index contributed by atoms with van der Waals surface area (Å²) in [4.78, 5) is 26.1. The van der Waals surface area contributed by atoms with Crippen molar-refractivity contribution in [1.29, 1.82) is 0 Å². The summed E-state index contributed by atoms with van der Waals surface area (Å²) < 4.78 is 43.0. The smallest absolute Gasteiger partial charge is 0.419 e. The molecule has 0 fully saturated rings. The monoisotopic (exact) mass is 311 g/mol. The summed E-state index contributed by atoms with van der Waals surface area (Å²) >= 11 is 0. The van der Waals surface area contributed by atoms with Crippen molar-refractivity contribution in [3.05, 3.63) is 59.4 Å². The second-order valence-electron chi connectivity index (χ2n) is 4.10. The highest BCUT2D eigenvalue weighted by molar-refractivity contribution is 5.91. The first-order valence-electron chi connectivity index (χ1n) is 5.88. The minimum Gasteiger partial charge on any atom is -0.477 e. The second-order valence-corrected chi connectivity index (χ2v) is 4.10. The van der Waals surface area contributed by atoms with E-state index in [9.17, 15) is 22.8 Å². The SMILES string of the molecule is O=C(O)c1cccc(C(=O)Oc2ccccc2C(F)(F)F)n1. The highest BCUT2D eigenvalue weighted by Gasteiger charge is 2.34. The molecule has 2 aromatic rings. The Balaban J connectivity index is 2.30. The number of pyridine rings is 1. The summed E-state index contributed by atoms with van der Waals surface area (Å²) in [7, 11) is 0. The van der Waals surface area contributed by atoms with Gasteiger partial charge < -0.3 is 9.84 Å². The van der Waals surface area contributed by atoms with Crippen LogP contribution in [0.3, 0.4) is 0 Å². The van der Waals surface area contributed by atoms with Crippen LogP contribution in [0.1, 0.15) is 26.5 Å². The summed E-state index contributed by atoms with van der Waals surface area (Å²) in [6.07, 6.45) is -4.69. The predicted molar refractivity (Wildman–Crippen MR) is 67.6 cm³/mol. The third-order valence-corrected chi connectivity index (χ3v) is 2.57. The summed E-state index contributed by atoms with van der Waals surface area (Å²) in [5.41, 5.74) is -1.94. The fraction of sp³-hybridized carbons (Fsp3) is 0.0714. The van der Waals surface area contributed by atoms with Crippen molar-refractivity contribution in [1.82, 2.24) is 4.98 Å². The molecule has 0 bridgehead atoms. The molecule has 0 saturated heterocycles. The third-order valence-electron chi connectivity index (χ3n) is 2.57. The Morgan fingerprint density at radius 1 is 1.00 bits per heavy atom. The molecule has 8 heteroatoms. The molecule has 1 heterocycles. The van der Waals surface area contributed by atoms with E-state index in [4.69, 9.17) is 5.11 Å². The van der Waals surface area contributed by atoms with E-state index in [1.807, 2.05) is 0 Å². The van der Waals surface area contributed by atoms with Gasteiger partial charge in [-0.05, 0) is 24.3 Å². The molecule has 0 amide bonds. The lowest BCUT2D eigenvalue weighted by Crippen LogP contribution is -2.16. The first-order valence-corrected chi connectivity index (χ1v) is 5.88. The topological polar surface area (TPSA) is 76.5 Å². The number of carboxylic acid groups (broad SMARTS) is 1. The van der Waals surface area contributed by atoms with Crippen molar-refractivity contribution in [3.63, 3.8) is 0 Å². The number of alkyl halides is 3. The Labute approximate surface area is 122 Å². The van der Waals surface area contributed by atoms with Crippen LogP contribution in [0.5, 0.6) is 5.75 Å². The number of aromatic carboxylic acids is 1. The van der Waals surface area contributed by atoms with Gasteiger partial charge in [0.15, 0.2) is 0 Å². The standard InChI is InChI=1S/C14H8F3NO4/c15-14(16,17)8-4-1-2-7-11(8)22-13(21)10-6-3-5-9(18-10)12(19)20/h1-7H,(H,19,20). The van der Waals surface area contributed by atoms with Gasteiger partial charge in [0.1, 0.15) is 17.1 Å². The average Bonchev–Trinajstić information content (AvgIpc) is 2.46. The quantitative estimate of drug-likeness (QED) is 0.696. The molecule has 0 atom stereocenters. The van der Waals surface area contributed by atoms with Gasteiger partial charge in [-0.1, -0.05) is 18.2 Å². The number of esters is 1. The van der Waals surface area contributed by atoms with E-state index in [1.165, 1.54) is 12.1 Å². The number of ether oxygens (including phenoxy) is 1. The Morgan fingerprint density at radius 3 is 2.27 bits per heavy atom. The number of nitrogens with zero attached hydrogens (tertiary/aromatic N) is 1. The molecule has 0 radical (unpaired) electrons. The van der Waals surface area contributed by atoms with Gasteiger partial charge in [-0.15, -0.1) is 0 Å². The minimum absolute atomic E-state index is 0.406. The number of hydrogen-bond donors (Lipinski definition) is 1. The molecule has 0 aliphatic carbocycles. The van der Waals surface area contributed by atoms with Crippen molar-refractivity contribution in [2.75, 3.05) is 0 Å². The lowest BCUT2D eigenvalue weighted by atomic mass is 10.2. The van der Waals surface area contributed by atoms with E-state index >= 15 is 0 Å². The van der Waals surface area contributed by atoms with Crippen LogP contribution < -0.4 is 4.74 Å². The normalized spacial score (nSPS) is 11.0. The first kappa shape index (κ1) is 15.5. The summed E-state index contributed by atoms with van der Waals surface area (Å²) in [5, 5.41) is 8.77. The zero-order valence-electron chi connectivity index (χ0n) is 10.8. The maximum absolute atomic E-state index is 12.8. The van der Waals surface area contributed by atoms with Crippen LogP contribution in [0.25, 0.3) is 0 Å². The van der Waals surface area contributed by atoms with E-state index in [2.05, 4.69) is 9.72 Å². The highest BCUT2D eigenvalue weighted by Crippen LogP contribution is 2.36. The third kappa shape index (κ3) is 3.40. The molecule has 0 aliphatic rings. The molecular formula is C14H8F3NO4. The Bertz CT molecular complexity index is 728. The Hall–Kier alpha value is -2.90. The van der Waals surface area contributed by atoms with Crippen LogP contribution in [0.2, 0.25) is 0 Å². The Morgan fingerprint density at radius 2 is 1.64 bits per heavy atom. The number of para-hydroxylation sites is 1. The van der Waals surface area contributed by atoms with E-state index < -0.39 is 40.8 Å². The van der Waals surface area contributed by atoms with Gasteiger partial charge in [-0.3, -0.25) is 0 Å². The number of carbonyl (C=O) groups excluding carboxylic acids is 1. The fourth-order valence-corrected chi connectivity index (χ4v) is 1.61. The van der Waals surface area contributed by atoms with Crippen molar-refractivity contribution in [2.24, 2.45) is 0 Å². The maximum atomic E-state index is 12.8. The molecule has 1 N–H and O–H groups in total. The number of aromatic nitrogens is 1. The van der Waals surface area contributed by atoms with E-state index in [-0.39, 0.29) is 0 Å². The van der Waals surface area contributed by atoms with Gasteiger partial charge in [0.05, 0.1) is 5.56 Å². The molecule has 0 unspecified atom stereocenters. The predicted octanol–water partition coefficient (Wildman–Crippen LogP) is 3.02. The van der Waals surface area contributed by atoms with Gasteiger partial charge in [0.25, 0.3) is 0 Å². The molecule has 22 heavy (non-hydrogen) atoms. The maximum Gasteiger partial charge on any atom is 0.419 e. The molecule has 0 saturated carbocycles. The van der Waals surface area contributed by atoms with Crippen LogP contribution in [-0.2, 0) is 6.18 Å². The summed E-state index contributed by atoms with van der Waals surface area (Å²) in [6, 6.07) is 7.71. The molecule has 1 aromatic heterocycles. The minimum atomic E-state index is -4.69. The Kier molecular flexibility index (Phi) is 4.11. The average molecular weight is 311 g/mol. The zero-order valence-corrected chi connectivity index (χ0v) is 10.8. The fourth-order valence-electron chi connectivity index (χ4n) is 1.61. The molecule has 0 spiro atoms. The van der Waals surface area contributed by atoms with Crippen molar-refractivity contribution in [2.45, 2.75) is 6.18 Å². The van der Waals surface area contributed by atoms with Crippen LogP contribution in [0, 0.1) is 0 Å². The number of halogens is 3. The number of hydrogen-bond acceptors (Lipinski definition) is 4. The van der Waals surface area contributed by atoms with Crippen LogP contribution in [0.15, 0.2) is 42.5 Å². The van der Waals surface area contributed by atoms with E-state index in [0.29, 0.717) is 0 Å². The molecule has 1 aromatic carbocycles. The molecule has 5 nitrogen and oxygen atoms in total. The van der Waals surface area contributed by atoms with Gasteiger partial charge >= 0.3 is 18.1 Å². The zero-order chi connectivity index (χ0) is 16.3. The van der Waals surface area contributed by atoms with Crippen LogP contribution in [-0.4, -0.2) is 22.0 Å². The highest BCUT2D eigenvalue weighted by atomic mass is 19.4. The van der Waals surface area contributed by atoms with Crippen LogP contribution in [0.4, 0.5) is 13.2 Å². The molecule has 2 rings (SSSR count). The molecule has 114 valence electrons. The van der Waals surface area contributed by atoms with Gasteiger partial charge in [-0.2, -0.15) is 13.2 Å². The number of benzene rings is 1. The molecular weight excluding hydrogens is 303 g/mol. The number of carboxylic acids is 1. The largest absolute Gasteiger partial charge is 0.477 e. The molecule has 0 aliphatic heterocycles. The summed E-state index contributed by atoms with van der Waals surface area (Å²) in [5.74, 6) is -3.23. The van der Waals surface area contributed by atoms with Gasteiger partial charge in [0, 0.05) is 0 Å². The van der Waals surface area contributed by atoms with Crippen LogP contribution >= 0.6 is 0 Å². The lowest BCUT2D eigenvalue weighted by molar-refractivity contribution is -0.138. The first-order chi connectivity index (χ1) is 10.3.